The number of piperidine rings is 1. The van der Waals surface area contributed by atoms with Crippen LogP contribution in [0.4, 0.5) is 0 Å². The third-order valence-electron chi connectivity index (χ3n) is 4.55. The summed E-state index contributed by atoms with van der Waals surface area (Å²) in [6, 6.07) is 7.22. The van der Waals surface area contributed by atoms with Crippen LogP contribution >= 0.6 is 0 Å². The number of benzene rings is 1. The number of rotatable bonds is 2. The average molecular weight is 259 g/mol. The molecular formula is C18H29N. The van der Waals surface area contributed by atoms with Gasteiger partial charge in [0.1, 0.15) is 0 Å². The topological polar surface area (TPSA) is 3.24 Å². The standard InChI is InChI=1S/C18H29N/c1-6-14-13-16(18(2,3)4)7-8-17(14)15-9-11-19(5)12-10-15/h7-8,13,15H,6,9-12H2,1-5H3. The molecule has 0 N–H and O–H groups in total. The van der Waals surface area contributed by atoms with Crippen molar-refractivity contribution in [1.82, 2.24) is 4.90 Å². The zero-order chi connectivity index (χ0) is 14.0. The Labute approximate surface area is 119 Å². The van der Waals surface area contributed by atoms with Crippen LogP contribution in [0.25, 0.3) is 0 Å². The van der Waals surface area contributed by atoms with Crippen molar-refractivity contribution in [3.63, 3.8) is 0 Å². The van der Waals surface area contributed by atoms with Crippen molar-refractivity contribution >= 4 is 0 Å². The highest BCUT2D eigenvalue weighted by Crippen LogP contribution is 2.33. The lowest BCUT2D eigenvalue weighted by molar-refractivity contribution is 0.255. The Balaban J connectivity index is 2.26. The van der Waals surface area contributed by atoms with E-state index in [0.29, 0.717) is 0 Å². The molecule has 1 aliphatic rings. The van der Waals surface area contributed by atoms with Crippen LogP contribution in [0.3, 0.4) is 0 Å². The fraction of sp³-hybridized carbons (Fsp3) is 0.667. The number of hydrogen-bond acceptors (Lipinski definition) is 1. The number of likely N-dealkylation sites (tertiary alicyclic amines) is 1. The normalized spacial score (nSPS) is 18.8. The minimum atomic E-state index is 0.259. The fourth-order valence-corrected chi connectivity index (χ4v) is 3.10. The predicted octanol–water partition coefficient (Wildman–Crippen LogP) is 4.36. The first-order chi connectivity index (χ1) is 8.91. The second kappa shape index (κ2) is 5.66. The molecule has 106 valence electrons. The van der Waals surface area contributed by atoms with Crippen LogP contribution in [0.1, 0.15) is 63.1 Å². The Kier molecular flexibility index (Phi) is 4.35. The van der Waals surface area contributed by atoms with Crippen molar-refractivity contribution in [1.29, 1.82) is 0 Å². The van der Waals surface area contributed by atoms with E-state index in [4.69, 9.17) is 0 Å². The molecular weight excluding hydrogens is 230 g/mol. The summed E-state index contributed by atoms with van der Waals surface area (Å²) in [5.41, 5.74) is 4.92. The summed E-state index contributed by atoms with van der Waals surface area (Å²) in [7, 11) is 2.24. The molecule has 0 atom stereocenters. The van der Waals surface area contributed by atoms with Crippen LogP contribution in [0.15, 0.2) is 18.2 Å². The number of nitrogens with zero attached hydrogens (tertiary/aromatic N) is 1. The van der Waals surface area contributed by atoms with Gasteiger partial charge in [-0.1, -0.05) is 45.9 Å². The van der Waals surface area contributed by atoms with Gasteiger partial charge in [-0.15, -0.1) is 0 Å². The average Bonchev–Trinajstić information content (AvgIpc) is 2.38. The van der Waals surface area contributed by atoms with Crippen LogP contribution in [0.5, 0.6) is 0 Å². The molecule has 0 spiro atoms. The Morgan fingerprint density at radius 2 is 1.79 bits per heavy atom. The van der Waals surface area contributed by atoms with Crippen molar-refractivity contribution in [3.8, 4) is 0 Å². The quantitative estimate of drug-likeness (QED) is 0.763. The van der Waals surface area contributed by atoms with Gasteiger partial charge in [0.25, 0.3) is 0 Å². The maximum absolute atomic E-state index is 2.45. The summed E-state index contributed by atoms with van der Waals surface area (Å²) >= 11 is 0. The maximum atomic E-state index is 2.45. The van der Waals surface area contributed by atoms with E-state index in [1.807, 2.05) is 0 Å². The van der Waals surface area contributed by atoms with Crippen LogP contribution in [-0.4, -0.2) is 25.0 Å². The Morgan fingerprint density at radius 3 is 2.32 bits per heavy atom. The summed E-state index contributed by atoms with van der Waals surface area (Å²) in [4.78, 5) is 2.45. The van der Waals surface area contributed by atoms with Crippen LogP contribution in [0.2, 0.25) is 0 Å². The van der Waals surface area contributed by atoms with E-state index in [0.717, 1.165) is 12.3 Å². The van der Waals surface area contributed by atoms with E-state index in [-0.39, 0.29) is 5.41 Å². The summed E-state index contributed by atoms with van der Waals surface area (Å²) in [5.74, 6) is 0.778. The van der Waals surface area contributed by atoms with Gasteiger partial charge in [0.2, 0.25) is 0 Å². The minimum absolute atomic E-state index is 0.259. The van der Waals surface area contributed by atoms with E-state index in [1.165, 1.54) is 31.5 Å². The largest absolute Gasteiger partial charge is 0.306 e. The molecule has 1 aromatic carbocycles. The molecule has 2 rings (SSSR count). The van der Waals surface area contributed by atoms with Crippen LogP contribution < -0.4 is 0 Å². The van der Waals surface area contributed by atoms with E-state index in [1.54, 1.807) is 11.1 Å². The van der Waals surface area contributed by atoms with Crippen LogP contribution in [0, 0.1) is 0 Å². The molecule has 0 unspecified atom stereocenters. The summed E-state index contributed by atoms with van der Waals surface area (Å²) < 4.78 is 0. The van der Waals surface area contributed by atoms with Gasteiger partial charge >= 0.3 is 0 Å². The van der Waals surface area contributed by atoms with Gasteiger partial charge in [0, 0.05) is 0 Å². The van der Waals surface area contributed by atoms with Crippen molar-refractivity contribution in [2.75, 3.05) is 20.1 Å². The third-order valence-corrected chi connectivity index (χ3v) is 4.55. The third kappa shape index (κ3) is 3.39. The lowest BCUT2D eigenvalue weighted by atomic mass is 9.81. The summed E-state index contributed by atoms with van der Waals surface area (Å²) in [6.45, 7) is 11.7. The molecule has 1 saturated heterocycles. The van der Waals surface area contributed by atoms with Crippen molar-refractivity contribution < 1.29 is 0 Å². The second-order valence-electron chi connectivity index (χ2n) is 7.09. The van der Waals surface area contributed by atoms with Gasteiger partial charge in [-0.05, 0) is 67.4 Å². The summed E-state index contributed by atoms with van der Waals surface area (Å²) in [6.07, 6.45) is 3.79. The smallest absolute Gasteiger partial charge is 0.00159 e. The molecule has 0 aliphatic carbocycles. The van der Waals surface area contributed by atoms with E-state index >= 15 is 0 Å². The fourth-order valence-electron chi connectivity index (χ4n) is 3.10. The van der Waals surface area contributed by atoms with Crippen molar-refractivity contribution in [2.45, 2.75) is 58.3 Å². The lowest BCUT2D eigenvalue weighted by Crippen LogP contribution is -2.29. The van der Waals surface area contributed by atoms with E-state index in [9.17, 15) is 0 Å². The molecule has 0 bridgehead atoms. The zero-order valence-corrected chi connectivity index (χ0v) is 13.3. The molecule has 1 heterocycles. The molecule has 1 nitrogen and oxygen atoms in total. The molecule has 1 heteroatoms. The van der Waals surface area contributed by atoms with Gasteiger partial charge in [0.15, 0.2) is 0 Å². The maximum Gasteiger partial charge on any atom is -0.00159 e. The SMILES string of the molecule is CCc1cc(C(C)(C)C)ccc1C1CCN(C)CC1. The van der Waals surface area contributed by atoms with Crippen molar-refractivity contribution in [2.24, 2.45) is 0 Å². The van der Waals surface area contributed by atoms with Gasteiger partial charge in [-0.25, -0.2) is 0 Å². The summed E-state index contributed by atoms with van der Waals surface area (Å²) in [5, 5.41) is 0. The first-order valence-corrected chi connectivity index (χ1v) is 7.73. The predicted molar refractivity (Wildman–Crippen MR) is 84.0 cm³/mol. The van der Waals surface area contributed by atoms with Gasteiger partial charge < -0.3 is 4.90 Å². The highest BCUT2D eigenvalue weighted by molar-refractivity contribution is 5.37. The molecule has 0 saturated carbocycles. The van der Waals surface area contributed by atoms with Gasteiger partial charge in [-0.2, -0.15) is 0 Å². The van der Waals surface area contributed by atoms with Crippen molar-refractivity contribution in [3.05, 3.63) is 34.9 Å². The molecule has 1 aromatic rings. The highest BCUT2D eigenvalue weighted by Gasteiger charge is 2.22. The van der Waals surface area contributed by atoms with Gasteiger partial charge in [0.05, 0.1) is 0 Å². The Hall–Kier alpha value is -0.820. The number of hydrogen-bond donors (Lipinski definition) is 0. The molecule has 19 heavy (non-hydrogen) atoms. The second-order valence-corrected chi connectivity index (χ2v) is 7.09. The Morgan fingerprint density at radius 1 is 1.16 bits per heavy atom. The van der Waals surface area contributed by atoms with E-state index in [2.05, 4.69) is 57.8 Å². The molecule has 1 aliphatic heterocycles. The molecule has 1 fully saturated rings. The lowest BCUT2D eigenvalue weighted by Gasteiger charge is -2.31. The monoisotopic (exact) mass is 259 g/mol. The van der Waals surface area contributed by atoms with Gasteiger partial charge in [-0.3, -0.25) is 0 Å². The zero-order valence-electron chi connectivity index (χ0n) is 13.3. The highest BCUT2D eigenvalue weighted by atomic mass is 15.1. The molecule has 0 aromatic heterocycles. The Bertz CT molecular complexity index is 420. The number of aryl methyl sites for hydroxylation is 1. The van der Waals surface area contributed by atoms with E-state index < -0.39 is 0 Å². The van der Waals surface area contributed by atoms with Crippen LogP contribution in [-0.2, 0) is 11.8 Å². The molecule has 0 amide bonds. The first-order valence-electron chi connectivity index (χ1n) is 7.73. The minimum Gasteiger partial charge on any atom is -0.306 e. The molecule has 0 radical (unpaired) electrons. The first kappa shape index (κ1) is 14.6.